The van der Waals surface area contributed by atoms with Gasteiger partial charge in [0.25, 0.3) is 5.56 Å². The summed E-state index contributed by atoms with van der Waals surface area (Å²) in [5, 5.41) is 0.633. The lowest BCUT2D eigenvalue weighted by Gasteiger charge is -2.26. The summed E-state index contributed by atoms with van der Waals surface area (Å²) < 4.78 is 11.3. The molecule has 0 aliphatic carbocycles. The van der Waals surface area contributed by atoms with Crippen LogP contribution < -0.4 is 15.0 Å². The van der Waals surface area contributed by atoms with Gasteiger partial charge in [-0.05, 0) is 42.2 Å². The molecule has 2 heterocycles. The van der Waals surface area contributed by atoms with Crippen LogP contribution in [0.5, 0.6) is 11.5 Å². The number of para-hydroxylation sites is 1. The third kappa shape index (κ3) is 2.62. The van der Waals surface area contributed by atoms with Crippen LogP contribution in [-0.2, 0) is 12.8 Å². The fourth-order valence-electron chi connectivity index (χ4n) is 3.32. The smallest absolute Gasteiger partial charge is 0.258 e. The van der Waals surface area contributed by atoms with E-state index < -0.39 is 0 Å². The third-order valence-electron chi connectivity index (χ3n) is 4.48. The number of methoxy groups -OCH3 is 1. The predicted molar refractivity (Wildman–Crippen MR) is 91.8 cm³/mol. The number of aromatic amines is 1. The first-order valence-electron chi connectivity index (χ1n) is 7.99. The molecule has 2 aromatic carbocycles. The molecule has 3 aromatic rings. The molecular weight excluding hydrogens is 304 g/mol. The Balaban J connectivity index is 1.58. The first-order valence-corrected chi connectivity index (χ1v) is 7.99. The molecule has 0 radical (unpaired) electrons. The Kier molecular flexibility index (Phi) is 3.69. The number of ether oxygens (including phenoxy) is 2. The van der Waals surface area contributed by atoms with Crippen molar-refractivity contribution in [1.29, 1.82) is 0 Å². The molecule has 0 bridgehead atoms. The van der Waals surface area contributed by atoms with Gasteiger partial charge in [0.2, 0.25) is 0 Å². The van der Waals surface area contributed by atoms with Crippen molar-refractivity contribution in [3.8, 4) is 11.5 Å². The van der Waals surface area contributed by atoms with Crippen LogP contribution in [0.2, 0.25) is 0 Å². The fraction of sp³-hybridized carbons (Fsp3) is 0.263. The van der Waals surface area contributed by atoms with Crippen molar-refractivity contribution in [2.24, 2.45) is 5.92 Å². The molecule has 5 heteroatoms. The molecule has 1 aromatic heterocycles. The lowest BCUT2D eigenvalue weighted by atomic mass is 9.90. The number of nitrogens with one attached hydrogen (secondary N) is 1. The summed E-state index contributed by atoms with van der Waals surface area (Å²) in [7, 11) is 1.66. The van der Waals surface area contributed by atoms with Crippen LogP contribution in [0, 0.1) is 5.92 Å². The summed E-state index contributed by atoms with van der Waals surface area (Å²) in [5.74, 6) is 2.02. The second-order valence-electron chi connectivity index (χ2n) is 6.12. The first kappa shape index (κ1) is 14.8. The highest BCUT2D eigenvalue weighted by Crippen LogP contribution is 2.36. The molecule has 122 valence electrons. The van der Waals surface area contributed by atoms with Crippen molar-refractivity contribution >= 4 is 10.9 Å². The van der Waals surface area contributed by atoms with Gasteiger partial charge < -0.3 is 14.5 Å². The molecule has 1 aliphatic heterocycles. The van der Waals surface area contributed by atoms with Gasteiger partial charge in [-0.1, -0.05) is 18.2 Å². The Morgan fingerprint density at radius 1 is 1.33 bits per heavy atom. The molecule has 1 atom stereocenters. The Bertz CT molecular complexity index is 949. The normalized spacial score (nSPS) is 16.5. The first-order chi connectivity index (χ1) is 11.7. The number of hydrogen-bond acceptors (Lipinski definition) is 4. The minimum atomic E-state index is -0.100. The number of aromatic nitrogens is 2. The summed E-state index contributed by atoms with van der Waals surface area (Å²) >= 11 is 0. The van der Waals surface area contributed by atoms with Gasteiger partial charge in [0, 0.05) is 5.92 Å². The van der Waals surface area contributed by atoms with E-state index in [2.05, 4.69) is 16.0 Å². The van der Waals surface area contributed by atoms with Gasteiger partial charge >= 0.3 is 0 Å². The van der Waals surface area contributed by atoms with Gasteiger partial charge in [0.05, 0.1) is 30.9 Å². The highest BCUT2D eigenvalue weighted by Gasteiger charge is 2.23. The Labute approximate surface area is 139 Å². The van der Waals surface area contributed by atoms with Crippen LogP contribution in [0.25, 0.3) is 10.9 Å². The maximum absolute atomic E-state index is 11.9. The molecule has 24 heavy (non-hydrogen) atoms. The SMILES string of the molecule is COc1cccc2c1OC[C@@H](Cc1ccc3nc[nH]c(=O)c3c1)C2. The lowest BCUT2D eigenvalue weighted by molar-refractivity contribution is 0.211. The summed E-state index contributed by atoms with van der Waals surface area (Å²) in [6.07, 6.45) is 3.23. The summed E-state index contributed by atoms with van der Waals surface area (Å²) in [6, 6.07) is 11.9. The van der Waals surface area contributed by atoms with Crippen LogP contribution in [0.1, 0.15) is 11.1 Å². The highest BCUT2D eigenvalue weighted by molar-refractivity contribution is 5.77. The topological polar surface area (TPSA) is 64.2 Å². The highest BCUT2D eigenvalue weighted by atomic mass is 16.5. The summed E-state index contributed by atoms with van der Waals surface area (Å²) in [4.78, 5) is 18.7. The molecule has 0 amide bonds. The van der Waals surface area contributed by atoms with E-state index in [-0.39, 0.29) is 5.56 Å². The molecule has 5 nitrogen and oxygen atoms in total. The van der Waals surface area contributed by atoms with Gasteiger partial charge in [-0.3, -0.25) is 4.79 Å². The quantitative estimate of drug-likeness (QED) is 0.805. The zero-order valence-electron chi connectivity index (χ0n) is 13.4. The third-order valence-corrected chi connectivity index (χ3v) is 4.48. The molecule has 0 saturated heterocycles. The minimum Gasteiger partial charge on any atom is -0.493 e. The van der Waals surface area contributed by atoms with Crippen LogP contribution in [-0.4, -0.2) is 23.7 Å². The van der Waals surface area contributed by atoms with Gasteiger partial charge in [0.1, 0.15) is 0 Å². The van der Waals surface area contributed by atoms with E-state index in [0.717, 1.165) is 35.4 Å². The predicted octanol–water partition coefficient (Wildman–Crippen LogP) is 2.73. The van der Waals surface area contributed by atoms with E-state index in [4.69, 9.17) is 9.47 Å². The standard InChI is InChI=1S/C19H18N2O3/c1-23-17-4-2-3-14-8-13(10-24-18(14)17)7-12-5-6-16-15(9-12)19(22)21-11-20-16/h2-6,9,11,13H,7-8,10H2,1H3,(H,20,21,22)/t13-/m0/s1. The van der Waals surface area contributed by atoms with Crippen molar-refractivity contribution in [1.82, 2.24) is 9.97 Å². The Hall–Kier alpha value is -2.82. The molecular formula is C19H18N2O3. The van der Waals surface area contributed by atoms with Crippen LogP contribution in [0.3, 0.4) is 0 Å². The van der Waals surface area contributed by atoms with E-state index in [1.165, 1.54) is 11.9 Å². The molecule has 0 unspecified atom stereocenters. The number of rotatable bonds is 3. The van der Waals surface area contributed by atoms with Crippen LogP contribution >= 0.6 is 0 Å². The van der Waals surface area contributed by atoms with Crippen molar-refractivity contribution in [2.45, 2.75) is 12.8 Å². The number of hydrogen-bond donors (Lipinski definition) is 1. The minimum absolute atomic E-state index is 0.100. The molecule has 1 aliphatic rings. The zero-order chi connectivity index (χ0) is 16.5. The maximum atomic E-state index is 11.9. The van der Waals surface area contributed by atoms with Gasteiger partial charge in [-0.2, -0.15) is 0 Å². The second-order valence-corrected chi connectivity index (χ2v) is 6.12. The Morgan fingerprint density at radius 3 is 3.12 bits per heavy atom. The van der Waals surface area contributed by atoms with Crippen LogP contribution in [0.4, 0.5) is 0 Å². The lowest BCUT2D eigenvalue weighted by Crippen LogP contribution is -2.23. The van der Waals surface area contributed by atoms with E-state index in [1.54, 1.807) is 7.11 Å². The van der Waals surface area contributed by atoms with Crippen molar-refractivity contribution in [3.05, 3.63) is 64.2 Å². The van der Waals surface area contributed by atoms with E-state index in [9.17, 15) is 4.79 Å². The molecule has 1 N–H and O–H groups in total. The fourth-order valence-corrected chi connectivity index (χ4v) is 3.32. The van der Waals surface area contributed by atoms with Crippen molar-refractivity contribution < 1.29 is 9.47 Å². The average Bonchev–Trinajstić information content (AvgIpc) is 2.62. The van der Waals surface area contributed by atoms with Crippen molar-refractivity contribution in [2.75, 3.05) is 13.7 Å². The molecule has 0 spiro atoms. The van der Waals surface area contributed by atoms with Gasteiger partial charge in [-0.15, -0.1) is 0 Å². The van der Waals surface area contributed by atoms with Crippen molar-refractivity contribution in [3.63, 3.8) is 0 Å². The molecule has 0 fully saturated rings. The number of fused-ring (bicyclic) bond motifs is 2. The molecule has 0 saturated carbocycles. The van der Waals surface area contributed by atoms with Gasteiger partial charge in [-0.25, -0.2) is 4.98 Å². The largest absolute Gasteiger partial charge is 0.493 e. The van der Waals surface area contributed by atoms with Gasteiger partial charge in [0.15, 0.2) is 11.5 Å². The van der Waals surface area contributed by atoms with Crippen LogP contribution in [0.15, 0.2) is 47.5 Å². The monoisotopic (exact) mass is 322 g/mol. The summed E-state index contributed by atoms with van der Waals surface area (Å²) in [6.45, 7) is 0.648. The summed E-state index contributed by atoms with van der Waals surface area (Å²) in [5.41, 5.74) is 2.92. The van der Waals surface area contributed by atoms with E-state index in [1.807, 2.05) is 30.3 Å². The number of benzene rings is 2. The Morgan fingerprint density at radius 2 is 2.25 bits per heavy atom. The zero-order valence-corrected chi connectivity index (χ0v) is 13.4. The maximum Gasteiger partial charge on any atom is 0.258 e. The average molecular weight is 322 g/mol. The number of H-pyrrole nitrogens is 1. The number of nitrogens with zero attached hydrogens (tertiary/aromatic N) is 1. The molecule has 4 rings (SSSR count). The van der Waals surface area contributed by atoms with E-state index in [0.29, 0.717) is 17.9 Å². The van der Waals surface area contributed by atoms with E-state index >= 15 is 0 Å². The second kappa shape index (κ2) is 6.00.